The molecule has 0 aliphatic carbocycles. The smallest absolute Gasteiger partial charge is 0.160 e. The van der Waals surface area contributed by atoms with E-state index in [0.717, 1.165) is 6.07 Å². The van der Waals surface area contributed by atoms with E-state index in [2.05, 4.69) is 15.2 Å². The summed E-state index contributed by atoms with van der Waals surface area (Å²) in [6, 6.07) is 7.09. The Balaban J connectivity index is 1.68. The van der Waals surface area contributed by atoms with E-state index in [1.54, 1.807) is 23.3 Å². The van der Waals surface area contributed by atoms with Gasteiger partial charge < -0.3 is 0 Å². The van der Waals surface area contributed by atoms with Gasteiger partial charge in [0.2, 0.25) is 0 Å². The Kier molecular flexibility index (Phi) is 3.92. The topological polar surface area (TPSA) is 43.6 Å². The molecule has 0 amide bonds. The van der Waals surface area contributed by atoms with E-state index in [-0.39, 0.29) is 0 Å². The summed E-state index contributed by atoms with van der Waals surface area (Å²) in [4.78, 5) is 3.93. The molecule has 3 aromatic rings. The average molecular weight is 304 g/mol. The van der Waals surface area contributed by atoms with Crippen LogP contribution >= 0.6 is 11.8 Å². The van der Waals surface area contributed by atoms with E-state index in [1.165, 1.54) is 23.9 Å². The number of imidazole rings is 1. The van der Waals surface area contributed by atoms with Crippen LogP contribution in [0.25, 0.3) is 5.82 Å². The molecular formula is C14H10F2N4S. The van der Waals surface area contributed by atoms with Crippen LogP contribution in [0.15, 0.2) is 54.1 Å². The fourth-order valence-corrected chi connectivity index (χ4v) is 2.52. The molecule has 0 atom stereocenters. The quantitative estimate of drug-likeness (QED) is 0.694. The SMILES string of the molecule is Fc1cc(F)cc(CSc2ccc(-n3ccnc3)nn2)c1. The minimum Gasteiger partial charge on any atom is -0.289 e. The minimum absolute atomic E-state index is 0.424. The maximum absolute atomic E-state index is 13.1. The molecule has 0 unspecified atom stereocenters. The zero-order valence-electron chi connectivity index (χ0n) is 10.8. The number of thioether (sulfide) groups is 1. The average Bonchev–Trinajstić information content (AvgIpc) is 2.99. The Bertz CT molecular complexity index is 709. The Morgan fingerprint density at radius 3 is 2.48 bits per heavy atom. The molecule has 0 N–H and O–H groups in total. The molecular weight excluding hydrogens is 294 g/mol. The number of aromatic nitrogens is 4. The van der Waals surface area contributed by atoms with Crippen molar-refractivity contribution in [1.29, 1.82) is 0 Å². The molecule has 0 aliphatic rings. The summed E-state index contributed by atoms with van der Waals surface area (Å²) in [5.74, 6) is -0.0683. The number of halogens is 2. The molecule has 0 bridgehead atoms. The van der Waals surface area contributed by atoms with Gasteiger partial charge in [0.05, 0.1) is 0 Å². The van der Waals surface area contributed by atoms with Gasteiger partial charge in [0, 0.05) is 24.2 Å². The summed E-state index contributed by atoms with van der Waals surface area (Å²) in [7, 11) is 0. The van der Waals surface area contributed by atoms with E-state index in [9.17, 15) is 8.78 Å². The third-order valence-electron chi connectivity index (χ3n) is 2.70. The highest BCUT2D eigenvalue weighted by atomic mass is 32.2. The summed E-state index contributed by atoms with van der Waals surface area (Å²) < 4.78 is 27.9. The molecule has 0 fully saturated rings. The van der Waals surface area contributed by atoms with Crippen molar-refractivity contribution in [2.75, 3.05) is 0 Å². The highest BCUT2D eigenvalue weighted by Crippen LogP contribution is 2.21. The Morgan fingerprint density at radius 2 is 1.86 bits per heavy atom. The van der Waals surface area contributed by atoms with Crippen molar-refractivity contribution >= 4 is 11.8 Å². The fraction of sp³-hybridized carbons (Fsp3) is 0.0714. The maximum Gasteiger partial charge on any atom is 0.160 e. The second-order valence-electron chi connectivity index (χ2n) is 4.27. The van der Waals surface area contributed by atoms with Crippen LogP contribution in [0, 0.1) is 11.6 Å². The van der Waals surface area contributed by atoms with Gasteiger partial charge in [0.1, 0.15) is 23.0 Å². The summed E-state index contributed by atoms with van der Waals surface area (Å²) in [5, 5.41) is 8.83. The molecule has 0 aliphatic heterocycles. The highest BCUT2D eigenvalue weighted by Gasteiger charge is 2.04. The van der Waals surface area contributed by atoms with Gasteiger partial charge in [-0.05, 0) is 29.8 Å². The van der Waals surface area contributed by atoms with Crippen LogP contribution in [0.2, 0.25) is 0 Å². The second-order valence-corrected chi connectivity index (χ2v) is 5.26. The summed E-state index contributed by atoms with van der Waals surface area (Å²) >= 11 is 1.37. The molecule has 2 heterocycles. The highest BCUT2D eigenvalue weighted by molar-refractivity contribution is 7.98. The lowest BCUT2D eigenvalue weighted by atomic mass is 10.2. The van der Waals surface area contributed by atoms with Gasteiger partial charge in [0.25, 0.3) is 0 Å². The first-order valence-electron chi connectivity index (χ1n) is 6.10. The molecule has 2 aromatic heterocycles. The predicted molar refractivity (Wildman–Crippen MR) is 75.1 cm³/mol. The number of hydrogen-bond acceptors (Lipinski definition) is 4. The monoisotopic (exact) mass is 304 g/mol. The summed E-state index contributed by atoms with van der Waals surface area (Å²) in [5.41, 5.74) is 0.568. The van der Waals surface area contributed by atoms with Gasteiger partial charge in [-0.25, -0.2) is 13.8 Å². The van der Waals surface area contributed by atoms with Crippen LogP contribution in [0.3, 0.4) is 0 Å². The maximum atomic E-state index is 13.1. The van der Waals surface area contributed by atoms with Crippen molar-refractivity contribution in [1.82, 2.24) is 19.7 Å². The Morgan fingerprint density at radius 1 is 1.05 bits per heavy atom. The van der Waals surface area contributed by atoms with Crippen LogP contribution in [0.5, 0.6) is 0 Å². The van der Waals surface area contributed by atoms with E-state index in [1.807, 2.05) is 12.1 Å². The van der Waals surface area contributed by atoms with Gasteiger partial charge in [-0.3, -0.25) is 4.57 Å². The third-order valence-corrected chi connectivity index (χ3v) is 3.70. The first-order chi connectivity index (χ1) is 10.2. The predicted octanol–water partition coefficient (Wildman–Crippen LogP) is 3.23. The molecule has 7 heteroatoms. The van der Waals surface area contributed by atoms with Crippen LogP contribution in [-0.2, 0) is 5.75 Å². The van der Waals surface area contributed by atoms with Crippen LogP contribution in [-0.4, -0.2) is 19.7 Å². The Labute approximate surface area is 123 Å². The fourth-order valence-electron chi connectivity index (χ4n) is 1.77. The van der Waals surface area contributed by atoms with Crippen LogP contribution in [0.1, 0.15) is 5.56 Å². The van der Waals surface area contributed by atoms with E-state index >= 15 is 0 Å². The van der Waals surface area contributed by atoms with Crippen molar-refractivity contribution in [3.8, 4) is 5.82 Å². The lowest BCUT2D eigenvalue weighted by Gasteiger charge is -2.03. The lowest BCUT2D eigenvalue weighted by Crippen LogP contribution is -1.97. The molecule has 0 saturated heterocycles. The van der Waals surface area contributed by atoms with Crippen LogP contribution < -0.4 is 0 Å². The largest absolute Gasteiger partial charge is 0.289 e. The minimum atomic E-state index is -0.577. The van der Waals surface area contributed by atoms with Crippen molar-refractivity contribution in [2.45, 2.75) is 10.8 Å². The second kappa shape index (κ2) is 6.01. The molecule has 0 radical (unpaired) electrons. The summed E-state index contributed by atoms with van der Waals surface area (Å²) in [6.07, 6.45) is 5.06. The molecule has 0 saturated carbocycles. The summed E-state index contributed by atoms with van der Waals surface area (Å²) in [6.45, 7) is 0. The van der Waals surface area contributed by atoms with Crippen molar-refractivity contribution in [2.24, 2.45) is 0 Å². The van der Waals surface area contributed by atoms with Crippen molar-refractivity contribution in [3.05, 3.63) is 66.3 Å². The van der Waals surface area contributed by atoms with E-state index in [0.29, 0.717) is 22.2 Å². The molecule has 1 aromatic carbocycles. The van der Waals surface area contributed by atoms with Gasteiger partial charge in [-0.15, -0.1) is 10.2 Å². The van der Waals surface area contributed by atoms with Gasteiger partial charge in [-0.1, -0.05) is 11.8 Å². The Hall–Kier alpha value is -2.28. The lowest BCUT2D eigenvalue weighted by molar-refractivity contribution is 0.581. The molecule has 3 rings (SSSR count). The zero-order valence-corrected chi connectivity index (χ0v) is 11.6. The normalized spacial score (nSPS) is 10.8. The van der Waals surface area contributed by atoms with E-state index in [4.69, 9.17) is 0 Å². The third kappa shape index (κ3) is 3.43. The van der Waals surface area contributed by atoms with Gasteiger partial charge in [0.15, 0.2) is 5.82 Å². The first kappa shape index (κ1) is 13.7. The van der Waals surface area contributed by atoms with Crippen molar-refractivity contribution < 1.29 is 8.78 Å². The van der Waals surface area contributed by atoms with E-state index < -0.39 is 11.6 Å². The molecule has 106 valence electrons. The number of benzene rings is 1. The standard InChI is InChI=1S/C14H10F2N4S/c15-11-5-10(6-12(16)7-11)8-21-14-2-1-13(18-19-14)20-4-3-17-9-20/h1-7,9H,8H2. The van der Waals surface area contributed by atoms with Crippen LogP contribution in [0.4, 0.5) is 8.78 Å². The first-order valence-corrected chi connectivity index (χ1v) is 7.09. The zero-order chi connectivity index (χ0) is 14.7. The number of rotatable bonds is 4. The van der Waals surface area contributed by atoms with Gasteiger partial charge in [-0.2, -0.15) is 0 Å². The van der Waals surface area contributed by atoms with Crippen molar-refractivity contribution in [3.63, 3.8) is 0 Å². The molecule has 21 heavy (non-hydrogen) atoms. The molecule has 4 nitrogen and oxygen atoms in total. The number of hydrogen-bond donors (Lipinski definition) is 0. The number of nitrogens with zero attached hydrogens (tertiary/aromatic N) is 4. The van der Waals surface area contributed by atoms with Gasteiger partial charge >= 0.3 is 0 Å². The molecule has 0 spiro atoms.